The number of benzene rings is 1. The molecule has 1 saturated heterocycles. The molecule has 0 atom stereocenters. The molecule has 0 aliphatic carbocycles. The molecule has 1 fully saturated rings. The van der Waals surface area contributed by atoms with Gasteiger partial charge in [-0.15, -0.1) is 0 Å². The Bertz CT molecular complexity index is 1390. The smallest absolute Gasteiger partial charge is 0.255 e. The number of aryl methyl sites for hydroxylation is 2. The molecule has 5 rings (SSSR count). The third-order valence-corrected chi connectivity index (χ3v) is 6.53. The maximum Gasteiger partial charge on any atom is 0.255 e. The van der Waals surface area contributed by atoms with Gasteiger partial charge in [-0.05, 0) is 44.4 Å². The zero-order chi connectivity index (χ0) is 23.8. The second-order valence-electron chi connectivity index (χ2n) is 8.74. The van der Waals surface area contributed by atoms with Gasteiger partial charge in [-0.1, -0.05) is 12.8 Å². The van der Waals surface area contributed by atoms with E-state index in [0.717, 1.165) is 42.4 Å². The fourth-order valence-electron chi connectivity index (χ4n) is 4.76. The van der Waals surface area contributed by atoms with Gasteiger partial charge in [-0.2, -0.15) is 5.10 Å². The Morgan fingerprint density at radius 1 is 1.09 bits per heavy atom. The number of furan rings is 1. The number of carbonyl (C=O) groups is 2. The normalized spacial score (nSPS) is 14.4. The van der Waals surface area contributed by atoms with Crippen LogP contribution in [0.25, 0.3) is 16.5 Å². The topological polar surface area (TPSA) is 89.1 Å². The van der Waals surface area contributed by atoms with Gasteiger partial charge in [-0.25, -0.2) is 4.52 Å². The first-order valence-corrected chi connectivity index (χ1v) is 11.7. The Morgan fingerprint density at radius 3 is 2.59 bits per heavy atom. The molecule has 1 aliphatic rings. The fourth-order valence-corrected chi connectivity index (χ4v) is 4.76. The molecule has 1 aliphatic heterocycles. The van der Waals surface area contributed by atoms with Crippen LogP contribution in [0.15, 0.2) is 41.1 Å². The van der Waals surface area contributed by atoms with Gasteiger partial charge in [0, 0.05) is 43.9 Å². The SMILES string of the molecule is CNC(=O)c1c(C)oc2cc(Oc3ccnn4cc(C(=O)N5CCCCCC5)c(C)c34)ccc12. The van der Waals surface area contributed by atoms with Crippen LogP contribution in [-0.4, -0.2) is 46.5 Å². The summed E-state index contributed by atoms with van der Waals surface area (Å²) in [7, 11) is 1.60. The molecule has 0 bridgehead atoms. The standard InChI is InChI=1S/C26H28N4O4/c1-16-20(26(32)29-12-6-4-5-7-13-29)15-30-24(16)21(10-11-28-30)34-18-8-9-19-22(14-18)33-17(2)23(19)25(31)27-3/h8-11,14-15H,4-7,12-13H2,1-3H3,(H,27,31). The highest BCUT2D eigenvalue weighted by atomic mass is 16.5. The van der Waals surface area contributed by atoms with Crippen LogP contribution in [0.2, 0.25) is 0 Å². The summed E-state index contributed by atoms with van der Waals surface area (Å²) in [5.41, 5.74) is 3.34. The number of rotatable bonds is 4. The van der Waals surface area contributed by atoms with Gasteiger partial charge >= 0.3 is 0 Å². The van der Waals surface area contributed by atoms with Crippen molar-refractivity contribution in [3.63, 3.8) is 0 Å². The Balaban J connectivity index is 1.49. The summed E-state index contributed by atoms with van der Waals surface area (Å²) in [6.07, 6.45) is 7.87. The van der Waals surface area contributed by atoms with E-state index in [2.05, 4.69) is 10.4 Å². The molecule has 0 saturated carbocycles. The van der Waals surface area contributed by atoms with Gasteiger partial charge in [0.05, 0.1) is 17.3 Å². The van der Waals surface area contributed by atoms with Gasteiger partial charge < -0.3 is 19.4 Å². The Hall–Kier alpha value is -3.81. The minimum atomic E-state index is -0.189. The van der Waals surface area contributed by atoms with Crippen LogP contribution in [0.5, 0.6) is 11.5 Å². The zero-order valence-corrected chi connectivity index (χ0v) is 19.7. The minimum absolute atomic E-state index is 0.0464. The first-order chi connectivity index (χ1) is 16.5. The number of hydrogen-bond acceptors (Lipinski definition) is 5. The van der Waals surface area contributed by atoms with Crippen LogP contribution in [0, 0.1) is 13.8 Å². The molecule has 34 heavy (non-hydrogen) atoms. The lowest BCUT2D eigenvalue weighted by Gasteiger charge is -2.20. The van der Waals surface area contributed by atoms with Crippen molar-refractivity contribution in [1.29, 1.82) is 0 Å². The van der Waals surface area contributed by atoms with E-state index < -0.39 is 0 Å². The maximum absolute atomic E-state index is 13.3. The molecule has 4 heterocycles. The van der Waals surface area contributed by atoms with E-state index in [9.17, 15) is 9.59 Å². The monoisotopic (exact) mass is 460 g/mol. The number of nitrogens with zero attached hydrogens (tertiary/aromatic N) is 3. The van der Waals surface area contributed by atoms with Gasteiger partial charge in [-0.3, -0.25) is 9.59 Å². The summed E-state index contributed by atoms with van der Waals surface area (Å²) in [5, 5.41) is 7.79. The fraction of sp³-hybridized carbons (Fsp3) is 0.346. The van der Waals surface area contributed by atoms with Crippen LogP contribution >= 0.6 is 0 Å². The summed E-state index contributed by atoms with van der Waals surface area (Å²) in [4.78, 5) is 27.4. The summed E-state index contributed by atoms with van der Waals surface area (Å²) in [6.45, 7) is 5.29. The molecule has 0 unspecified atom stereocenters. The number of fused-ring (bicyclic) bond motifs is 2. The largest absolute Gasteiger partial charge is 0.460 e. The summed E-state index contributed by atoms with van der Waals surface area (Å²) < 4.78 is 13.7. The first-order valence-electron chi connectivity index (χ1n) is 11.7. The predicted molar refractivity (Wildman–Crippen MR) is 129 cm³/mol. The van der Waals surface area contributed by atoms with E-state index in [-0.39, 0.29) is 11.8 Å². The third kappa shape index (κ3) is 3.79. The number of nitrogens with one attached hydrogen (secondary N) is 1. The molecule has 1 N–H and O–H groups in total. The van der Waals surface area contributed by atoms with Gasteiger partial charge in [0.2, 0.25) is 0 Å². The number of amides is 2. The molecule has 1 aromatic carbocycles. The van der Waals surface area contributed by atoms with Crippen molar-refractivity contribution in [1.82, 2.24) is 19.8 Å². The third-order valence-electron chi connectivity index (χ3n) is 6.53. The molecule has 3 aromatic heterocycles. The van der Waals surface area contributed by atoms with Crippen molar-refractivity contribution in [2.75, 3.05) is 20.1 Å². The van der Waals surface area contributed by atoms with Crippen LogP contribution in [0.3, 0.4) is 0 Å². The van der Waals surface area contributed by atoms with E-state index >= 15 is 0 Å². The number of hydrogen-bond donors (Lipinski definition) is 1. The van der Waals surface area contributed by atoms with Gasteiger partial charge in [0.15, 0.2) is 5.75 Å². The molecule has 8 nitrogen and oxygen atoms in total. The van der Waals surface area contributed by atoms with E-state index in [1.165, 1.54) is 12.8 Å². The lowest BCUT2D eigenvalue weighted by molar-refractivity contribution is 0.0760. The number of ether oxygens (including phenoxy) is 1. The molecular formula is C26H28N4O4. The molecule has 2 amide bonds. The number of carbonyl (C=O) groups excluding carboxylic acids is 2. The predicted octanol–water partition coefficient (Wildman–Crippen LogP) is 4.87. The van der Waals surface area contributed by atoms with E-state index in [4.69, 9.17) is 9.15 Å². The Kier molecular flexibility index (Phi) is 5.73. The second kappa shape index (κ2) is 8.85. The number of likely N-dealkylation sites (tertiary alicyclic amines) is 1. The quantitative estimate of drug-likeness (QED) is 0.470. The average Bonchev–Trinajstić information content (AvgIpc) is 3.19. The highest BCUT2D eigenvalue weighted by Crippen LogP contribution is 2.34. The van der Waals surface area contributed by atoms with Crippen molar-refractivity contribution < 1.29 is 18.7 Å². The molecular weight excluding hydrogens is 432 g/mol. The summed E-state index contributed by atoms with van der Waals surface area (Å²) >= 11 is 0. The van der Waals surface area contributed by atoms with Crippen LogP contribution < -0.4 is 10.1 Å². The Labute approximate surface area is 197 Å². The molecule has 8 heteroatoms. The van der Waals surface area contributed by atoms with Crippen LogP contribution in [-0.2, 0) is 0 Å². The lowest BCUT2D eigenvalue weighted by Crippen LogP contribution is -2.31. The van der Waals surface area contributed by atoms with E-state index in [1.54, 1.807) is 43.0 Å². The number of aromatic nitrogens is 2. The maximum atomic E-state index is 13.3. The highest BCUT2D eigenvalue weighted by Gasteiger charge is 2.24. The highest BCUT2D eigenvalue weighted by molar-refractivity contribution is 6.07. The Morgan fingerprint density at radius 2 is 1.85 bits per heavy atom. The van der Waals surface area contributed by atoms with Crippen LogP contribution in [0.1, 0.15) is 57.7 Å². The summed E-state index contributed by atoms with van der Waals surface area (Å²) in [6, 6.07) is 7.19. The first kappa shape index (κ1) is 22.0. The molecule has 176 valence electrons. The van der Waals surface area contributed by atoms with Gasteiger partial charge in [0.25, 0.3) is 11.8 Å². The minimum Gasteiger partial charge on any atom is -0.460 e. The van der Waals surface area contributed by atoms with Crippen LogP contribution in [0.4, 0.5) is 0 Å². The van der Waals surface area contributed by atoms with Crippen molar-refractivity contribution in [2.45, 2.75) is 39.5 Å². The van der Waals surface area contributed by atoms with E-state index in [1.807, 2.05) is 24.0 Å². The van der Waals surface area contributed by atoms with Gasteiger partial charge in [0.1, 0.15) is 22.6 Å². The molecule has 0 radical (unpaired) electrons. The lowest BCUT2D eigenvalue weighted by atomic mass is 10.1. The average molecular weight is 461 g/mol. The molecule has 0 spiro atoms. The van der Waals surface area contributed by atoms with E-state index in [0.29, 0.717) is 34.0 Å². The molecule has 4 aromatic rings. The van der Waals surface area contributed by atoms with Crippen molar-refractivity contribution in [3.8, 4) is 11.5 Å². The zero-order valence-electron chi connectivity index (χ0n) is 19.7. The second-order valence-corrected chi connectivity index (χ2v) is 8.74. The van der Waals surface area contributed by atoms with Crippen molar-refractivity contribution in [3.05, 3.63) is 59.1 Å². The summed E-state index contributed by atoms with van der Waals surface area (Å²) in [5.74, 6) is 1.57. The van der Waals surface area contributed by atoms with Crippen molar-refractivity contribution in [2.24, 2.45) is 0 Å². The van der Waals surface area contributed by atoms with Crippen molar-refractivity contribution >= 4 is 28.3 Å².